The summed E-state index contributed by atoms with van der Waals surface area (Å²) in [5.41, 5.74) is 0.726. The van der Waals surface area contributed by atoms with Crippen LogP contribution in [-0.4, -0.2) is 39.3 Å². The number of nitrogens with zero attached hydrogens (tertiary/aromatic N) is 3. The fourth-order valence-corrected chi connectivity index (χ4v) is 2.48. The molecule has 1 heterocycles. The van der Waals surface area contributed by atoms with Crippen molar-refractivity contribution >= 4 is 0 Å². The van der Waals surface area contributed by atoms with E-state index in [9.17, 15) is 4.39 Å². The third kappa shape index (κ3) is 3.28. The number of aromatic nitrogens is 2. The summed E-state index contributed by atoms with van der Waals surface area (Å²) in [6.45, 7) is 1.27. The number of aliphatic hydroxyl groups is 1. The largest absolute Gasteiger partial charge is 0.395 e. The Bertz CT molecular complexity index is 581. The number of hydrogen-bond donors (Lipinski definition) is 1. The van der Waals surface area contributed by atoms with Gasteiger partial charge < -0.3 is 9.63 Å². The summed E-state index contributed by atoms with van der Waals surface area (Å²) in [5, 5.41) is 13.1. The van der Waals surface area contributed by atoms with Gasteiger partial charge in [-0.05, 0) is 37.1 Å². The number of benzene rings is 1. The molecule has 0 spiro atoms. The highest BCUT2D eigenvalue weighted by atomic mass is 19.1. The lowest BCUT2D eigenvalue weighted by atomic mass is 9.91. The minimum Gasteiger partial charge on any atom is -0.395 e. The van der Waals surface area contributed by atoms with Gasteiger partial charge in [0.1, 0.15) is 5.82 Å². The van der Waals surface area contributed by atoms with Crippen molar-refractivity contribution in [2.75, 3.05) is 13.2 Å². The van der Waals surface area contributed by atoms with Crippen LogP contribution in [0.15, 0.2) is 28.8 Å². The molecule has 1 saturated carbocycles. The van der Waals surface area contributed by atoms with E-state index in [0.29, 0.717) is 30.8 Å². The Labute approximate surface area is 122 Å². The van der Waals surface area contributed by atoms with Gasteiger partial charge in [-0.2, -0.15) is 4.98 Å². The minimum absolute atomic E-state index is 0.120. The Balaban J connectivity index is 1.70. The Morgan fingerprint density at radius 2 is 2.05 bits per heavy atom. The molecule has 0 unspecified atom stereocenters. The van der Waals surface area contributed by atoms with Crippen molar-refractivity contribution < 1.29 is 14.0 Å². The first-order valence-electron chi connectivity index (χ1n) is 7.19. The standard InChI is InChI=1S/C15H18FN3O2/c16-12-6-4-11(5-7-12)15-17-14(21-18-15)10-19(8-9-20)13-2-1-3-13/h4-7,13,20H,1-3,8-10H2. The van der Waals surface area contributed by atoms with Crippen LogP contribution in [0, 0.1) is 5.82 Å². The van der Waals surface area contributed by atoms with Crippen LogP contribution in [-0.2, 0) is 6.54 Å². The molecule has 6 heteroatoms. The van der Waals surface area contributed by atoms with Crippen LogP contribution in [0.5, 0.6) is 0 Å². The van der Waals surface area contributed by atoms with Crippen LogP contribution in [0.4, 0.5) is 4.39 Å². The van der Waals surface area contributed by atoms with Gasteiger partial charge in [-0.3, -0.25) is 4.90 Å². The molecule has 5 nitrogen and oxygen atoms in total. The van der Waals surface area contributed by atoms with E-state index in [1.807, 2.05) is 0 Å². The molecule has 3 rings (SSSR count). The Morgan fingerprint density at radius 1 is 1.29 bits per heavy atom. The molecule has 1 aromatic heterocycles. The second-order valence-electron chi connectivity index (χ2n) is 5.30. The molecule has 1 aliphatic carbocycles. The third-order valence-corrected chi connectivity index (χ3v) is 3.89. The van der Waals surface area contributed by atoms with Crippen LogP contribution in [0.2, 0.25) is 0 Å². The summed E-state index contributed by atoms with van der Waals surface area (Å²) in [7, 11) is 0. The van der Waals surface area contributed by atoms with E-state index in [4.69, 9.17) is 9.63 Å². The van der Waals surface area contributed by atoms with Crippen molar-refractivity contribution in [1.82, 2.24) is 15.0 Å². The molecule has 1 fully saturated rings. The molecule has 2 aromatic rings. The van der Waals surface area contributed by atoms with E-state index in [0.717, 1.165) is 18.4 Å². The number of aliphatic hydroxyl groups excluding tert-OH is 1. The van der Waals surface area contributed by atoms with Crippen LogP contribution in [0.25, 0.3) is 11.4 Å². The van der Waals surface area contributed by atoms with Gasteiger partial charge in [-0.15, -0.1) is 0 Å². The molecule has 112 valence electrons. The van der Waals surface area contributed by atoms with Gasteiger partial charge in [0.05, 0.1) is 13.2 Å². The zero-order valence-electron chi connectivity index (χ0n) is 11.7. The lowest BCUT2D eigenvalue weighted by Crippen LogP contribution is -2.41. The minimum atomic E-state index is -0.290. The maximum absolute atomic E-state index is 12.9. The van der Waals surface area contributed by atoms with Gasteiger partial charge >= 0.3 is 0 Å². The molecule has 0 radical (unpaired) electrons. The SMILES string of the molecule is OCCN(Cc1nc(-c2ccc(F)cc2)no1)C1CCC1. The zero-order chi connectivity index (χ0) is 14.7. The van der Waals surface area contributed by atoms with Gasteiger partial charge in [0, 0.05) is 18.2 Å². The lowest BCUT2D eigenvalue weighted by molar-refractivity contribution is 0.0838. The average Bonchev–Trinajstić information content (AvgIpc) is 2.86. The molecule has 0 saturated heterocycles. The maximum Gasteiger partial charge on any atom is 0.241 e. The van der Waals surface area contributed by atoms with Crippen molar-refractivity contribution in [2.45, 2.75) is 31.8 Å². The van der Waals surface area contributed by atoms with Crippen molar-refractivity contribution in [3.05, 3.63) is 36.0 Å². The molecular weight excluding hydrogens is 273 g/mol. The number of halogens is 1. The van der Waals surface area contributed by atoms with E-state index >= 15 is 0 Å². The molecule has 21 heavy (non-hydrogen) atoms. The number of hydrogen-bond acceptors (Lipinski definition) is 5. The van der Waals surface area contributed by atoms with Gasteiger partial charge in [-0.1, -0.05) is 11.6 Å². The van der Waals surface area contributed by atoms with Crippen molar-refractivity contribution in [3.8, 4) is 11.4 Å². The summed E-state index contributed by atoms with van der Waals surface area (Å²) >= 11 is 0. The molecule has 1 aliphatic rings. The van der Waals surface area contributed by atoms with Gasteiger partial charge in [0.2, 0.25) is 11.7 Å². The van der Waals surface area contributed by atoms with Crippen molar-refractivity contribution in [1.29, 1.82) is 0 Å². The van der Waals surface area contributed by atoms with Crippen molar-refractivity contribution in [2.24, 2.45) is 0 Å². The Kier molecular flexibility index (Phi) is 4.26. The Hall–Kier alpha value is -1.79. The third-order valence-electron chi connectivity index (χ3n) is 3.89. The maximum atomic E-state index is 12.9. The van der Waals surface area contributed by atoms with E-state index in [-0.39, 0.29) is 12.4 Å². The fraction of sp³-hybridized carbons (Fsp3) is 0.467. The summed E-state index contributed by atoms with van der Waals surface area (Å²) < 4.78 is 18.2. The van der Waals surface area contributed by atoms with Gasteiger partial charge in [0.25, 0.3) is 0 Å². The predicted octanol–water partition coefficient (Wildman–Crippen LogP) is 2.22. The second kappa shape index (κ2) is 6.32. The first-order chi connectivity index (χ1) is 10.3. The van der Waals surface area contributed by atoms with Crippen LogP contribution in [0.1, 0.15) is 25.2 Å². The Morgan fingerprint density at radius 3 is 2.67 bits per heavy atom. The number of rotatable bonds is 6. The monoisotopic (exact) mass is 291 g/mol. The fourth-order valence-electron chi connectivity index (χ4n) is 2.48. The quantitative estimate of drug-likeness (QED) is 0.884. The van der Waals surface area contributed by atoms with Crippen LogP contribution < -0.4 is 0 Å². The normalized spacial score (nSPS) is 15.4. The van der Waals surface area contributed by atoms with Crippen LogP contribution in [0.3, 0.4) is 0 Å². The summed E-state index contributed by atoms with van der Waals surface area (Å²) in [5.74, 6) is 0.693. The summed E-state index contributed by atoms with van der Waals surface area (Å²) in [6, 6.07) is 6.50. The van der Waals surface area contributed by atoms with Gasteiger partial charge in [0.15, 0.2) is 0 Å². The van der Waals surface area contributed by atoms with E-state index in [1.54, 1.807) is 12.1 Å². The van der Waals surface area contributed by atoms with E-state index in [2.05, 4.69) is 15.0 Å². The summed E-state index contributed by atoms with van der Waals surface area (Å²) in [4.78, 5) is 6.52. The lowest BCUT2D eigenvalue weighted by Gasteiger charge is -2.36. The second-order valence-corrected chi connectivity index (χ2v) is 5.30. The highest BCUT2D eigenvalue weighted by Gasteiger charge is 2.26. The molecular formula is C15H18FN3O2. The first-order valence-corrected chi connectivity index (χ1v) is 7.19. The van der Waals surface area contributed by atoms with Crippen molar-refractivity contribution in [3.63, 3.8) is 0 Å². The zero-order valence-corrected chi connectivity index (χ0v) is 11.7. The predicted molar refractivity (Wildman–Crippen MR) is 74.8 cm³/mol. The highest BCUT2D eigenvalue weighted by Crippen LogP contribution is 2.26. The van der Waals surface area contributed by atoms with Crippen LogP contribution >= 0.6 is 0 Å². The first kappa shape index (κ1) is 14.2. The smallest absolute Gasteiger partial charge is 0.241 e. The van der Waals surface area contributed by atoms with E-state index in [1.165, 1.54) is 18.6 Å². The molecule has 1 N–H and O–H groups in total. The van der Waals surface area contributed by atoms with Gasteiger partial charge in [-0.25, -0.2) is 4.39 Å². The van der Waals surface area contributed by atoms with E-state index < -0.39 is 0 Å². The summed E-state index contributed by atoms with van der Waals surface area (Å²) in [6.07, 6.45) is 3.54. The molecule has 0 amide bonds. The molecule has 0 aliphatic heterocycles. The molecule has 0 atom stereocenters. The molecule has 1 aromatic carbocycles. The average molecular weight is 291 g/mol. The highest BCUT2D eigenvalue weighted by molar-refractivity contribution is 5.53. The topological polar surface area (TPSA) is 62.4 Å². The molecule has 0 bridgehead atoms.